The minimum Gasteiger partial charge on any atom is -0.458 e. The molecule has 0 aliphatic carbocycles. The molecule has 35 heavy (non-hydrogen) atoms. The molecule has 0 amide bonds. The summed E-state index contributed by atoms with van der Waals surface area (Å²) < 4.78 is 12.4. The van der Waals surface area contributed by atoms with E-state index in [2.05, 4.69) is 51.6 Å². The molecule has 3 rings (SSSR count). The molecule has 0 fully saturated rings. The molecule has 1 heterocycles. The highest BCUT2D eigenvalue weighted by Crippen LogP contribution is 2.39. The van der Waals surface area contributed by atoms with Crippen LogP contribution in [0, 0.1) is 5.21 Å². The van der Waals surface area contributed by atoms with Gasteiger partial charge in [-0.25, -0.2) is 4.79 Å². The van der Waals surface area contributed by atoms with E-state index in [1.54, 1.807) is 6.92 Å². The molecule has 0 radical (unpaired) electrons. The molecule has 0 saturated heterocycles. The molecule has 0 N–H and O–H groups in total. The molecule has 2 atom stereocenters. The smallest absolute Gasteiger partial charge is 0.408 e. The number of allylic oxidation sites excluding steroid dienone is 1. The highest BCUT2D eigenvalue weighted by atomic mass is 28.4. The van der Waals surface area contributed by atoms with Gasteiger partial charge in [0.2, 0.25) is 0 Å². The summed E-state index contributed by atoms with van der Waals surface area (Å²) in [5.74, 6) is -0.701. The Kier molecular flexibility index (Phi) is 8.56. The predicted octanol–water partition coefficient (Wildman–Crippen LogP) is 4.51. The van der Waals surface area contributed by atoms with Gasteiger partial charge in [-0.05, 0) is 48.5 Å². The maximum atomic E-state index is 12.9. The molecule has 7 heteroatoms. The van der Waals surface area contributed by atoms with E-state index in [1.807, 2.05) is 43.3 Å². The second-order valence-electron chi connectivity index (χ2n) is 10.1. The molecule has 0 saturated carbocycles. The van der Waals surface area contributed by atoms with Crippen molar-refractivity contribution in [3.8, 4) is 0 Å². The van der Waals surface area contributed by atoms with E-state index in [0.717, 1.165) is 28.8 Å². The fourth-order valence-corrected chi connectivity index (χ4v) is 9.39. The Labute approximate surface area is 209 Å². The van der Waals surface area contributed by atoms with Crippen LogP contribution in [0.5, 0.6) is 0 Å². The number of benzene rings is 2. The van der Waals surface area contributed by atoms with Crippen LogP contribution in [0.25, 0.3) is 0 Å². The Hall–Kier alpha value is -2.90. The van der Waals surface area contributed by atoms with Crippen LogP contribution in [-0.4, -0.2) is 43.7 Å². The van der Waals surface area contributed by atoms with Gasteiger partial charge in [0, 0.05) is 0 Å². The van der Waals surface area contributed by atoms with Crippen LogP contribution in [0.2, 0.25) is 5.04 Å². The van der Waals surface area contributed by atoms with Crippen molar-refractivity contribution in [3.63, 3.8) is 0 Å². The van der Waals surface area contributed by atoms with Gasteiger partial charge in [0.25, 0.3) is 8.32 Å². The number of hydrogen-bond donors (Lipinski definition) is 0. The fourth-order valence-electron chi connectivity index (χ4n) is 4.73. The molecule has 1 aliphatic heterocycles. The number of carbonyl (C=O) groups excluding carboxylic acids is 1. The predicted molar refractivity (Wildman–Crippen MR) is 141 cm³/mol. The summed E-state index contributed by atoms with van der Waals surface area (Å²) in [4.78, 5) is 18.9. The number of rotatable bonds is 10. The number of esters is 1. The van der Waals surface area contributed by atoms with Crippen molar-refractivity contribution < 1.29 is 23.7 Å². The van der Waals surface area contributed by atoms with E-state index in [4.69, 9.17) is 14.0 Å². The van der Waals surface area contributed by atoms with Crippen molar-refractivity contribution in [2.75, 3.05) is 6.61 Å². The molecule has 188 valence electrons. The zero-order valence-corrected chi connectivity index (χ0v) is 22.5. The van der Waals surface area contributed by atoms with E-state index in [-0.39, 0.29) is 17.4 Å². The highest BCUT2D eigenvalue weighted by Gasteiger charge is 2.57. The fraction of sp³-hybridized carbons (Fsp3) is 0.429. The monoisotopic (exact) mass is 495 g/mol. The minimum atomic E-state index is -3.05. The quantitative estimate of drug-likeness (QED) is 0.210. The van der Waals surface area contributed by atoms with Gasteiger partial charge in [-0.2, -0.15) is 0 Å². The van der Waals surface area contributed by atoms with Gasteiger partial charge in [0.1, 0.15) is 6.10 Å². The second kappa shape index (κ2) is 11.2. The minimum absolute atomic E-state index is 0.125. The highest BCUT2D eigenvalue weighted by molar-refractivity contribution is 6.99. The summed E-state index contributed by atoms with van der Waals surface area (Å²) in [6.07, 6.45) is 0.664. The van der Waals surface area contributed by atoms with Crippen molar-refractivity contribution in [2.24, 2.45) is 0 Å². The Bertz CT molecular complexity index is 1010. The first-order chi connectivity index (χ1) is 16.6. The molecule has 0 spiro atoms. The first kappa shape index (κ1) is 26.7. The zero-order chi connectivity index (χ0) is 25.6. The van der Waals surface area contributed by atoms with E-state index >= 15 is 0 Å². The van der Waals surface area contributed by atoms with Gasteiger partial charge in [-0.3, -0.25) is 5.21 Å². The standard InChI is InChI=1S/C28H37NO5Si/c1-7-32-27(30)25-26(24(33-29(25)31)20-14-15-21(2)3)34-35(28(4,5)6,22-16-10-8-11-17-22)23-18-12-9-13-19-23/h8-13,16-19,24,26H,2,7,14-15,20H2,1,3-6H3/t24-,26+/m0/s1. The number of hydrogen-bond acceptors (Lipinski definition) is 5. The average Bonchev–Trinajstić information content (AvgIpc) is 3.12. The lowest BCUT2D eigenvalue weighted by molar-refractivity contribution is -0.740. The van der Waals surface area contributed by atoms with Crippen LogP contribution in [0.15, 0.2) is 72.8 Å². The maximum Gasteiger partial charge on any atom is 0.408 e. The molecule has 0 bridgehead atoms. The van der Waals surface area contributed by atoms with Crippen LogP contribution in [0.3, 0.4) is 0 Å². The normalized spacial score (nSPS) is 18.3. The topological polar surface area (TPSA) is 70.8 Å². The lowest BCUT2D eigenvalue weighted by Gasteiger charge is -2.44. The van der Waals surface area contributed by atoms with Crippen LogP contribution in [0.4, 0.5) is 0 Å². The van der Waals surface area contributed by atoms with Crippen LogP contribution in [0.1, 0.15) is 53.9 Å². The van der Waals surface area contributed by atoms with Crippen LogP contribution >= 0.6 is 0 Å². The second-order valence-corrected chi connectivity index (χ2v) is 14.3. The molecule has 1 aliphatic rings. The SMILES string of the molecule is C=C(C)CCC[C@@H]1O[N+]([O-])=C(C(=O)OCC)[C@@H]1O[Si](c1ccccc1)(c1ccccc1)C(C)(C)C. The van der Waals surface area contributed by atoms with Gasteiger partial charge in [-0.15, -0.1) is 6.58 Å². The summed E-state index contributed by atoms with van der Waals surface area (Å²) in [5.41, 5.74) is 0.932. The van der Waals surface area contributed by atoms with Crippen molar-refractivity contribution in [3.05, 3.63) is 78.0 Å². The van der Waals surface area contributed by atoms with E-state index in [1.165, 1.54) is 0 Å². The summed E-state index contributed by atoms with van der Waals surface area (Å²) in [6, 6.07) is 20.3. The number of ether oxygens (including phenoxy) is 1. The van der Waals surface area contributed by atoms with Crippen molar-refractivity contribution in [1.82, 2.24) is 0 Å². The number of nitrogens with zero attached hydrogens (tertiary/aromatic N) is 1. The molecular weight excluding hydrogens is 458 g/mol. The van der Waals surface area contributed by atoms with E-state index in [9.17, 15) is 10.0 Å². The number of carbonyl (C=O) groups is 1. The van der Waals surface area contributed by atoms with E-state index in [0.29, 0.717) is 11.3 Å². The van der Waals surface area contributed by atoms with Crippen LogP contribution in [-0.2, 0) is 18.8 Å². The van der Waals surface area contributed by atoms with Gasteiger partial charge in [0.05, 0.1) is 11.5 Å². The molecule has 2 aromatic carbocycles. The van der Waals surface area contributed by atoms with Gasteiger partial charge in [-0.1, -0.05) is 87.0 Å². The summed E-state index contributed by atoms with van der Waals surface area (Å²) in [7, 11) is -3.05. The van der Waals surface area contributed by atoms with Crippen molar-refractivity contribution in [2.45, 2.75) is 71.1 Å². The lowest BCUT2D eigenvalue weighted by Crippen LogP contribution is -2.69. The largest absolute Gasteiger partial charge is 0.458 e. The van der Waals surface area contributed by atoms with E-state index < -0.39 is 26.5 Å². The first-order valence-corrected chi connectivity index (χ1v) is 14.1. The zero-order valence-electron chi connectivity index (χ0n) is 21.5. The third kappa shape index (κ3) is 5.68. The van der Waals surface area contributed by atoms with Crippen molar-refractivity contribution >= 4 is 30.4 Å². The Balaban J connectivity index is 2.16. The molecule has 2 aromatic rings. The molecular formula is C28H37NO5Si. The molecule has 6 nitrogen and oxygen atoms in total. The third-order valence-corrected chi connectivity index (χ3v) is 11.3. The van der Waals surface area contributed by atoms with Gasteiger partial charge in [0.15, 0.2) is 6.10 Å². The summed E-state index contributed by atoms with van der Waals surface area (Å²) in [5, 5.41) is 14.7. The maximum absolute atomic E-state index is 12.9. The van der Waals surface area contributed by atoms with Gasteiger partial charge < -0.3 is 14.0 Å². The Morgan fingerprint density at radius 3 is 2.09 bits per heavy atom. The lowest BCUT2D eigenvalue weighted by atomic mass is 10.0. The Morgan fingerprint density at radius 2 is 1.63 bits per heavy atom. The third-order valence-electron chi connectivity index (χ3n) is 6.33. The Morgan fingerprint density at radius 1 is 1.09 bits per heavy atom. The van der Waals surface area contributed by atoms with Crippen molar-refractivity contribution in [1.29, 1.82) is 0 Å². The van der Waals surface area contributed by atoms with Gasteiger partial charge >= 0.3 is 11.7 Å². The average molecular weight is 496 g/mol. The summed E-state index contributed by atoms with van der Waals surface area (Å²) in [6.45, 7) is 14.3. The van der Waals surface area contributed by atoms with Crippen LogP contribution < -0.4 is 10.4 Å². The first-order valence-electron chi connectivity index (χ1n) is 12.2. The molecule has 0 unspecified atom stereocenters. The summed E-state index contributed by atoms with van der Waals surface area (Å²) >= 11 is 0. The molecule has 0 aromatic heterocycles.